The predicted octanol–water partition coefficient (Wildman–Crippen LogP) is -0.776. The molecule has 0 aliphatic carbocycles. The number of amides is 3. The first kappa shape index (κ1) is 22.6. The average Bonchev–Trinajstić information content (AvgIpc) is 2.79. The second-order valence-corrected chi connectivity index (χ2v) is 6.24. The number of hydroxylamine groups is 1. The van der Waals surface area contributed by atoms with E-state index >= 15 is 0 Å². The van der Waals surface area contributed by atoms with Gasteiger partial charge >= 0.3 is 0 Å². The van der Waals surface area contributed by atoms with Crippen molar-refractivity contribution < 1.29 is 19.6 Å². The predicted molar refractivity (Wildman–Crippen MR) is 110 cm³/mol. The van der Waals surface area contributed by atoms with E-state index < -0.39 is 17.9 Å². The van der Waals surface area contributed by atoms with E-state index in [4.69, 9.17) is 16.7 Å². The summed E-state index contributed by atoms with van der Waals surface area (Å²) in [5.41, 5.74) is 14.9. The summed E-state index contributed by atoms with van der Waals surface area (Å²) in [6.07, 6.45) is 0. The van der Waals surface area contributed by atoms with Gasteiger partial charge in [-0.05, 0) is 42.0 Å². The fourth-order valence-electron chi connectivity index (χ4n) is 2.38. The normalized spacial score (nSPS) is 10.9. The molecule has 0 aliphatic heterocycles. The van der Waals surface area contributed by atoms with Crippen LogP contribution in [0.15, 0.2) is 48.5 Å². The van der Waals surface area contributed by atoms with Crippen LogP contribution in [0.2, 0.25) is 0 Å². The lowest BCUT2D eigenvalue weighted by Gasteiger charge is -2.14. The van der Waals surface area contributed by atoms with Crippen LogP contribution in [0.4, 0.5) is 0 Å². The van der Waals surface area contributed by atoms with E-state index in [1.807, 2.05) is 24.3 Å². The van der Waals surface area contributed by atoms with E-state index in [0.29, 0.717) is 17.7 Å². The first-order valence-electron chi connectivity index (χ1n) is 9.09. The van der Waals surface area contributed by atoms with Crippen molar-refractivity contribution in [3.05, 3.63) is 70.8 Å². The Labute approximate surface area is 173 Å². The molecule has 0 spiro atoms. The summed E-state index contributed by atoms with van der Waals surface area (Å²) in [5, 5.41) is 13.8. The molecule has 2 aromatic rings. The summed E-state index contributed by atoms with van der Waals surface area (Å²) in [5.74, 6) is 4.52. The number of carbonyl (C=O) groups is 3. The van der Waals surface area contributed by atoms with Crippen LogP contribution in [-0.2, 0) is 16.1 Å². The first-order valence-corrected chi connectivity index (χ1v) is 9.09. The molecular weight excluding hydrogens is 386 g/mol. The summed E-state index contributed by atoms with van der Waals surface area (Å²) in [7, 11) is 0. The number of hydrogen-bond acceptors (Lipinski definition) is 6. The van der Waals surface area contributed by atoms with Gasteiger partial charge in [0.1, 0.15) is 6.04 Å². The fourth-order valence-corrected chi connectivity index (χ4v) is 2.38. The van der Waals surface area contributed by atoms with Gasteiger partial charge in [-0.25, -0.2) is 5.48 Å². The van der Waals surface area contributed by atoms with Gasteiger partial charge in [0.2, 0.25) is 5.91 Å². The number of rotatable bonds is 7. The Morgan fingerprint density at radius 3 is 2.00 bits per heavy atom. The third-order valence-electron chi connectivity index (χ3n) is 4.09. The Hall–Kier alpha value is -3.71. The van der Waals surface area contributed by atoms with E-state index in [0.717, 1.165) is 11.1 Å². The van der Waals surface area contributed by atoms with Crippen molar-refractivity contribution in [2.75, 3.05) is 13.1 Å². The molecule has 0 aliphatic rings. The zero-order chi connectivity index (χ0) is 21.9. The quantitative estimate of drug-likeness (QED) is 0.200. The summed E-state index contributed by atoms with van der Waals surface area (Å²) in [6.45, 7) is 0.202. The van der Waals surface area contributed by atoms with Crippen LogP contribution in [0, 0.1) is 11.8 Å². The zero-order valence-electron chi connectivity index (χ0n) is 16.1. The van der Waals surface area contributed by atoms with Gasteiger partial charge in [-0.15, -0.1) is 0 Å². The third-order valence-corrected chi connectivity index (χ3v) is 4.09. The van der Waals surface area contributed by atoms with Gasteiger partial charge in [-0.3, -0.25) is 19.6 Å². The summed E-state index contributed by atoms with van der Waals surface area (Å²) < 4.78 is 0. The largest absolute Gasteiger partial charge is 0.351 e. The van der Waals surface area contributed by atoms with Gasteiger partial charge in [-0.2, -0.15) is 0 Å². The van der Waals surface area contributed by atoms with Gasteiger partial charge in [0, 0.05) is 29.8 Å². The number of nitrogens with two attached hydrogens (primary N) is 2. The molecule has 1 atom stereocenters. The lowest BCUT2D eigenvalue weighted by atomic mass is 10.1. The zero-order valence-corrected chi connectivity index (χ0v) is 16.1. The minimum absolute atomic E-state index is 0.0460. The van der Waals surface area contributed by atoms with Crippen molar-refractivity contribution in [2.45, 2.75) is 12.6 Å². The van der Waals surface area contributed by atoms with Crippen molar-refractivity contribution in [2.24, 2.45) is 11.5 Å². The number of nitrogens with one attached hydrogen (secondary N) is 3. The molecule has 0 aromatic heterocycles. The van der Waals surface area contributed by atoms with Gasteiger partial charge in [-0.1, -0.05) is 24.0 Å². The smallest absolute Gasteiger partial charge is 0.267 e. The number of benzene rings is 2. The Kier molecular flexibility index (Phi) is 8.53. The van der Waals surface area contributed by atoms with Crippen molar-refractivity contribution >= 4 is 17.7 Å². The summed E-state index contributed by atoms with van der Waals surface area (Å²) in [4.78, 5) is 34.7. The SMILES string of the molecule is NCC(=O)NCc1ccc(C#Cc2ccc(C(=O)N[C@@H](CN)C(=O)NO)cc2)cc1. The van der Waals surface area contributed by atoms with Crippen LogP contribution in [0.1, 0.15) is 27.0 Å². The minimum atomic E-state index is -1.03. The molecule has 2 rings (SSSR count). The molecule has 9 heteroatoms. The first-order chi connectivity index (χ1) is 14.5. The minimum Gasteiger partial charge on any atom is -0.351 e. The van der Waals surface area contributed by atoms with Crippen LogP contribution in [-0.4, -0.2) is 42.1 Å². The van der Waals surface area contributed by atoms with Crippen molar-refractivity contribution in [3.8, 4) is 11.8 Å². The Morgan fingerprint density at radius 1 is 0.933 bits per heavy atom. The average molecular weight is 409 g/mol. The molecule has 0 saturated carbocycles. The Morgan fingerprint density at radius 2 is 1.50 bits per heavy atom. The molecule has 0 radical (unpaired) electrons. The number of carbonyl (C=O) groups excluding carboxylic acids is 3. The van der Waals surface area contributed by atoms with Crippen molar-refractivity contribution in [3.63, 3.8) is 0 Å². The Balaban J connectivity index is 1.98. The maximum atomic E-state index is 12.2. The van der Waals surface area contributed by atoms with E-state index in [1.165, 1.54) is 5.48 Å². The van der Waals surface area contributed by atoms with E-state index in [1.54, 1.807) is 24.3 Å². The van der Waals surface area contributed by atoms with Crippen molar-refractivity contribution in [1.82, 2.24) is 16.1 Å². The molecule has 0 unspecified atom stereocenters. The third kappa shape index (κ3) is 6.72. The van der Waals surface area contributed by atoms with Crippen LogP contribution >= 0.6 is 0 Å². The molecule has 0 heterocycles. The highest BCUT2D eigenvalue weighted by Crippen LogP contribution is 2.06. The maximum absolute atomic E-state index is 12.2. The molecular formula is C21H23N5O4. The topological polar surface area (TPSA) is 160 Å². The Bertz CT molecular complexity index is 946. The van der Waals surface area contributed by atoms with Crippen LogP contribution < -0.4 is 27.6 Å². The van der Waals surface area contributed by atoms with Gasteiger partial charge < -0.3 is 22.1 Å². The molecule has 8 N–H and O–H groups in total. The van der Waals surface area contributed by atoms with E-state index in [-0.39, 0.29) is 19.0 Å². The van der Waals surface area contributed by atoms with Crippen molar-refractivity contribution in [1.29, 1.82) is 0 Å². The highest BCUT2D eigenvalue weighted by molar-refractivity contribution is 5.97. The monoisotopic (exact) mass is 409 g/mol. The lowest BCUT2D eigenvalue weighted by Crippen LogP contribution is -2.50. The van der Waals surface area contributed by atoms with E-state index in [2.05, 4.69) is 22.5 Å². The molecule has 30 heavy (non-hydrogen) atoms. The molecule has 0 bridgehead atoms. The second-order valence-electron chi connectivity index (χ2n) is 6.24. The summed E-state index contributed by atoms with van der Waals surface area (Å²) in [6, 6.07) is 12.9. The standard InChI is InChI=1S/C21H23N5O4/c22-11-18(21(29)26-30)25-20(28)17-9-7-15(8-10-17)2-1-14-3-5-16(6-4-14)13-24-19(27)12-23/h3-10,18,30H,11-13,22-23H2,(H,24,27)(H,25,28)(H,26,29)/t18-/m0/s1. The fraction of sp³-hybridized carbons (Fsp3) is 0.190. The molecule has 0 saturated heterocycles. The highest BCUT2D eigenvalue weighted by atomic mass is 16.5. The van der Waals surface area contributed by atoms with Gasteiger partial charge in [0.25, 0.3) is 11.8 Å². The molecule has 156 valence electrons. The van der Waals surface area contributed by atoms with Gasteiger partial charge in [0.05, 0.1) is 6.54 Å². The summed E-state index contributed by atoms with van der Waals surface area (Å²) >= 11 is 0. The lowest BCUT2D eigenvalue weighted by molar-refractivity contribution is -0.130. The van der Waals surface area contributed by atoms with Crippen LogP contribution in [0.25, 0.3) is 0 Å². The van der Waals surface area contributed by atoms with Crippen LogP contribution in [0.5, 0.6) is 0 Å². The maximum Gasteiger partial charge on any atom is 0.267 e. The second kappa shape index (κ2) is 11.3. The van der Waals surface area contributed by atoms with Gasteiger partial charge in [0.15, 0.2) is 0 Å². The number of hydrogen-bond donors (Lipinski definition) is 6. The molecule has 9 nitrogen and oxygen atoms in total. The van der Waals surface area contributed by atoms with Crippen LogP contribution in [0.3, 0.4) is 0 Å². The molecule has 0 fully saturated rings. The highest BCUT2D eigenvalue weighted by Gasteiger charge is 2.19. The van der Waals surface area contributed by atoms with E-state index in [9.17, 15) is 14.4 Å². The molecule has 3 amide bonds. The molecule has 2 aromatic carbocycles.